The van der Waals surface area contributed by atoms with Crippen LogP contribution in [0.5, 0.6) is 0 Å². The molecule has 1 heterocycles. The number of hydrogen-bond donors (Lipinski definition) is 1. The van der Waals surface area contributed by atoms with Crippen LogP contribution in [0.2, 0.25) is 0 Å². The maximum absolute atomic E-state index is 11.6. The molecule has 5 nitrogen and oxygen atoms in total. The monoisotopic (exact) mass is 590 g/mol. The molecule has 6 heteroatoms. The molecule has 0 spiro atoms. The van der Waals surface area contributed by atoms with Gasteiger partial charge in [-0.3, -0.25) is 0 Å². The second-order valence-electron chi connectivity index (χ2n) is 9.49. The fourth-order valence-corrected chi connectivity index (χ4v) is 6.81. The molecular formula is C33H34O5Se. The quantitative estimate of drug-likeness (QED) is 0.247. The van der Waals surface area contributed by atoms with Gasteiger partial charge in [0, 0.05) is 0 Å². The first-order valence-corrected chi connectivity index (χ1v) is 15.1. The van der Waals surface area contributed by atoms with E-state index < -0.39 is 29.4 Å². The average molecular weight is 590 g/mol. The van der Waals surface area contributed by atoms with Crippen molar-refractivity contribution in [3.05, 3.63) is 138 Å². The van der Waals surface area contributed by atoms with Gasteiger partial charge in [0.1, 0.15) is 0 Å². The molecule has 1 fully saturated rings. The van der Waals surface area contributed by atoms with Crippen molar-refractivity contribution in [2.45, 2.75) is 49.2 Å². The summed E-state index contributed by atoms with van der Waals surface area (Å²) in [5.41, 5.74) is 3.19. The molecule has 202 valence electrons. The molecule has 1 aliphatic rings. The van der Waals surface area contributed by atoms with E-state index in [2.05, 4.69) is 12.1 Å². The minimum atomic E-state index is -0.847. The Labute approximate surface area is 236 Å². The summed E-state index contributed by atoms with van der Waals surface area (Å²) >= 11 is -0.128. The molecule has 5 atom stereocenters. The van der Waals surface area contributed by atoms with Crippen LogP contribution in [0.15, 0.2) is 121 Å². The first-order chi connectivity index (χ1) is 19.3. The van der Waals surface area contributed by atoms with Crippen molar-refractivity contribution in [2.75, 3.05) is 6.61 Å². The fourth-order valence-electron chi connectivity index (χ4n) is 4.55. The Morgan fingerprint density at radius 1 is 0.590 bits per heavy atom. The van der Waals surface area contributed by atoms with Crippen LogP contribution in [-0.2, 0) is 38.8 Å². The first-order valence-electron chi connectivity index (χ1n) is 13.2. The molecule has 0 radical (unpaired) electrons. The topological polar surface area (TPSA) is 57.2 Å². The summed E-state index contributed by atoms with van der Waals surface area (Å²) in [5, 5.41) is 11.2. The Morgan fingerprint density at radius 3 is 1.59 bits per heavy atom. The zero-order valence-corrected chi connectivity index (χ0v) is 23.5. The number of aliphatic hydroxyl groups excluding tert-OH is 1. The van der Waals surface area contributed by atoms with E-state index in [4.69, 9.17) is 18.9 Å². The Hall–Kier alpha value is -2.80. The molecule has 4 aromatic carbocycles. The van der Waals surface area contributed by atoms with E-state index in [-0.39, 0.29) is 15.0 Å². The van der Waals surface area contributed by atoms with E-state index in [1.807, 2.05) is 109 Å². The second kappa shape index (κ2) is 14.5. The van der Waals surface area contributed by atoms with Gasteiger partial charge in [0.25, 0.3) is 0 Å². The van der Waals surface area contributed by atoms with E-state index in [9.17, 15) is 5.11 Å². The van der Waals surface area contributed by atoms with Crippen LogP contribution in [0.4, 0.5) is 0 Å². The van der Waals surface area contributed by atoms with Gasteiger partial charge in [-0.1, -0.05) is 0 Å². The number of aliphatic hydroxyl groups is 1. The van der Waals surface area contributed by atoms with Crippen molar-refractivity contribution in [3.63, 3.8) is 0 Å². The molecule has 5 rings (SSSR count). The third kappa shape index (κ3) is 8.10. The normalized spacial score (nSPS) is 22.9. The molecule has 0 amide bonds. The number of ether oxygens (including phenoxy) is 4. The van der Waals surface area contributed by atoms with Crippen molar-refractivity contribution in [3.8, 4) is 0 Å². The van der Waals surface area contributed by atoms with Crippen molar-refractivity contribution < 1.29 is 24.1 Å². The van der Waals surface area contributed by atoms with Crippen molar-refractivity contribution >= 4 is 19.4 Å². The summed E-state index contributed by atoms with van der Waals surface area (Å²) in [6, 6.07) is 40.3. The Morgan fingerprint density at radius 2 is 1.05 bits per heavy atom. The third-order valence-electron chi connectivity index (χ3n) is 6.57. The molecule has 1 N–H and O–H groups in total. The number of rotatable bonds is 12. The van der Waals surface area contributed by atoms with Crippen LogP contribution >= 0.6 is 0 Å². The molecule has 39 heavy (non-hydrogen) atoms. The summed E-state index contributed by atoms with van der Waals surface area (Å²) in [4.78, 5) is 0. The molecule has 0 aromatic heterocycles. The van der Waals surface area contributed by atoms with E-state index >= 15 is 0 Å². The molecular weight excluding hydrogens is 555 g/mol. The van der Waals surface area contributed by atoms with E-state index in [0.29, 0.717) is 26.4 Å². The summed E-state index contributed by atoms with van der Waals surface area (Å²) in [7, 11) is 0. The molecule has 0 saturated carbocycles. The Bertz CT molecular complexity index is 1230. The van der Waals surface area contributed by atoms with E-state index in [1.54, 1.807) is 0 Å². The fraction of sp³-hybridized carbons (Fsp3) is 0.273. The zero-order chi connectivity index (χ0) is 26.7. The summed E-state index contributed by atoms with van der Waals surface area (Å²) < 4.78 is 26.8. The molecule has 1 saturated heterocycles. The van der Waals surface area contributed by atoms with E-state index in [0.717, 1.165) is 21.2 Å². The molecule has 4 aromatic rings. The predicted octanol–water partition coefficient (Wildman–Crippen LogP) is 4.49. The SMILES string of the molecule is O[C@@H]1[C@@H](OCc2ccccc2)[C@H](OCc2ccccc2)[C@@H](COCc2ccccc2)O[C@H]1[Se]c1ccccc1. The summed E-state index contributed by atoms with van der Waals surface area (Å²) in [5.74, 6) is 0. The minimum absolute atomic E-state index is 0.128. The van der Waals surface area contributed by atoms with Gasteiger partial charge in [-0.05, 0) is 0 Å². The van der Waals surface area contributed by atoms with Gasteiger partial charge >= 0.3 is 237 Å². The van der Waals surface area contributed by atoms with Crippen LogP contribution in [0.1, 0.15) is 16.7 Å². The third-order valence-corrected chi connectivity index (χ3v) is 9.02. The number of benzene rings is 4. The van der Waals surface area contributed by atoms with E-state index in [1.165, 1.54) is 0 Å². The maximum atomic E-state index is 11.6. The van der Waals surface area contributed by atoms with Crippen molar-refractivity contribution in [1.82, 2.24) is 0 Å². The van der Waals surface area contributed by atoms with Crippen molar-refractivity contribution in [1.29, 1.82) is 0 Å². The summed E-state index contributed by atoms with van der Waals surface area (Å²) in [6.07, 6.45) is -2.34. The van der Waals surface area contributed by atoms with Gasteiger partial charge in [0.05, 0.1) is 0 Å². The Balaban J connectivity index is 1.37. The second-order valence-corrected chi connectivity index (χ2v) is 11.9. The van der Waals surface area contributed by atoms with Gasteiger partial charge in [-0.25, -0.2) is 0 Å². The molecule has 0 aliphatic carbocycles. The zero-order valence-electron chi connectivity index (χ0n) is 21.8. The van der Waals surface area contributed by atoms with Crippen LogP contribution < -0.4 is 4.46 Å². The standard InChI is InChI=1S/C33H34O5Se/c34-30-32(37-23-27-17-9-3-10-18-27)31(36-22-26-15-7-2-8-16-26)29(24-35-21-25-13-5-1-6-14-25)38-33(30)39-28-19-11-4-12-20-28/h1-20,29-34H,21-24H2/t29-,30-,31-,32-,33+/m1/s1. The van der Waals surface area contributed by atoms with Gasteiger partial charge in [0.15, 0.2) is 0 Å². The van der Waals surface area contributed by atoms with Crippen molar-refractivity contribution in [2.24, 2.45) is 0 Å². The van der Waals surface area contributed by atoms with Gasteiger partial charge in [-0.2, -0.15) is 0 Å². The van der Waals surface area contributed by atoms with Crippen LogP contribution in [0.25, 0.3) is 0 Å². The molecule has 0 bridgehead atoms. The predicted molar refractivity (Wildman–Crippen MR) is 153 cm³/mol. The first kappa shape index (κ1) is 27.8. The Kier molecular flexibility index (Phi) is 10.4. The van der Waals surface area contributed by atoms with Crippen LogP contribution in [0.3, 0.4) is 0 Å². The van der Waals surface area contributed by atoms with Crippen LogP contribution in [-0.4, -0.2) is 56.1 Å². The van der Waals surface area contributed by atoms with Gasteiger partial charge < -0.3 is 0 Å². The average Bonchev–Trinajstić information content (AvgIpc) is 2.99. The molecule has 1 aliphatic heterocycles. The van der Waals surface area contributed by atoms with Gasteiger partial charge in [0.2, 0.25) is 0 Å². The molecule has 0 unspecified atom stereocenters. The van der Waals surface area contributed by atoms with Gasteiger partial charge in [-0.15, -0.1) is 0 Å². The number of hydrogen-bond acceptors (Lipinski definition) is 5. The van der Waals surface area contributed by atoms with Crippen LogP contribution in [0, 0.1) is 0 Å². The summed E-state index contributed by atoms with van der Waals surface area (Å²) in [6.45, 7) is 1.55.